The van der Waals surface area contributed by atoms with E-state index in [1.54, 1.807) is 0 Å². The van der Waals surface area contributed by atoms with Crippen molar-refractivity contribution >= 4 is 17.3 Å². The van der Waals surface area contributed by atoms with Crippen molar-refractivity contribution in [2.45, 2.75) is 38.3 Å². The van der Waals surface area contributed by atoms with Crippen molar-refractivity contribution in [3.8, 4) is 5.69 Å². The Kier molecular flexibility index (Phi) is 7.37. The second kappa shape index (κ2) is 9.96. The fraction of sp³-hybridized carbons (Fsp3) is 0.250. The molecule has 2 aromatic carbocycles. The summed E-state index contributed by atoms with van der Waals surface area (Å²) in [6.07, 6.45) is -7.91. The van der Waals surface area contributed by atoms with Gasteiger partial charge in [0.15, 0.2) is 0 Å². The Morgan fingerprint density at radius 2 is 1.67 bits per heavy atom. The first-order valence-corrected chi connectivity index (χ1v) is 10.6. The highest BCUT2D eigenvalue weighted by Crippen LogP contribution is 2.32. The molecule has 0 saturated carbocycles. The molecule has 0 fully saturated rings. The molecule has 0 aliphatic heterocycles. The third-order valence-electron chi connectivity index (χ3n) is 5.32. The van der Waals surface area contributed by atoms with E-state index >= 15 is 0 Å². The Morgan fingerprint density at radius 1 is 0.972 bits per heavy atom. The number of halogens is 6. The number of nitrogen functional groups attached to an aromatic ring is 1. The van der Waals surface area contributed by atoms with Gasteiger partial charge in [0, 0.05) is 23.6 Å². The van der Waals surface area contributed by atoms with Crippen LogP contribution in [0.4, 0.5) is 37.7 Å². The summed E-state index contributed by atoms with van der Waals surface area (Å²) in [6, 6.07) is 8.23. The lowest BCUT2D eigenvalue weighted by Crippen LogP contribution is -2.33. The molecule has 1 amide bonds. The van der Waals surface area contributed by atoms with Gasteiger partial charge in [-0.15, -0.1) is 0 Å². The van der Waals surface area contributed by atoms with Crippen LogP contribution in [0.5, 0.6) is 0 Å². The van der Waals surface area contributed by atoms with Crippen molar-refractivity contribution in [2.24, 2.45) is 0 Å². The number of benzene rings is 2. The van der Waals surface area contributed by atoms with Crippen LogP contribution in [0.1, 0.15) is 41.4 Å². The second-order valence-electron chi connectivity index (χ2n) is 8.17. The van der Waals surface area contributed by atoms with Crippen LogP contribution in [0.2, 0.25) is 0 Å². The molecule has 1 heterocycles. The predicted octanol–water partition coefficient (Wildman–Crippen LogP) is 5.29. The van der Waals surface area contributed by atoms with Crippen molar-refractivity contribution in [1.29, 1.82) is 0 Å². The van der Waals surface area contributed by atoms with Crippen LogP contribution in [0.3, 0.4) is 0 Å². The zero-order valence-corrected chi connectivity index (χ0v) is 19.0. The minimum atomic E-state index is -4.62. The van der Waals surface area contributed by atoms with E-state index in [1.165, 1.54) is 49.5 Å². The van der Waals surface area contributed by atoms with Crippen LogP contribution in [0, 0.1) is 0 Å². The lowest BCUT2D eigenvalue weighted by molar-refractivity contribution is -0.139. The molecule has 0 unspecified atom stereocenters. The molecule has 2 atom stereocenters. The number of carbonyl (C=O) groups is 1. The van der Waals surface area contributed by atoms with Gasteiger partial charge in [-0.3, -0.25) is 14.2 Å². The second-order valence-corrected chi connectivity index (χ2v) is 8.17. The SMILES string of the molecule is C[C@H](Nc1cccc(-n2cc(C(=O)N[C@H](C)c3cc(N)cc(C(F)(F)F)c3)ccc2=O)c1)C(F)(F)F. The lowest BCUT2D eigenvalue weighted by atomic mass is 10.0. The van der Waals surface area contributed by atoms with Crippen molar-refractivity contribution in [3.63, 3.8) is 0 Å². The molecule has 0 saturated heterocycles. The Morgan fingerprint density at radius 3 is 2.31 bits per heavy atom. The number of rotatable bonds is 6. The number of anilines is 2. The Hall–Kier alpha value is -3.96. The zero-order valence-electron chi connectivity index (χ0n) is 19.0. The van der Waals surface area contributed by atoms with E-state index in [9.17, 15) is 35.9 Å². The molecular weight excluding hydrogens is 490 g/mol. The largest absolute Gasteiger partial charge is 0.416 e. The normalized spacial score (nSPS) is 13.7. The molecule has 0 radical (unpaired) electrons. The summed E-state index contributed by atoms with van der Waals surface area (Å²) < 4.78 is 79.0. The van der Waals surface area contributed by atoms with Gasteiger partial charge in [-0.2, -0.15) is 26.3 Å². The standard InChI is InChI=1S/C24H22F6N4O2/c1-13(16-8-17(24(28,29)30)10-18(31)9-16)32-22(36)15-6-7-21(35)34(12-15)20-5-3-4-19(11-20)33-14(2)23(25,26)27/h3-14,33H,31H2,1-2H3,(H,32,36)/t13-,14+/m1/s1. The highest BCUT2D eigenvalue weighted by molar-refractivity contribution is 5.94. The van der Waals surface area contributed by atoms with Gasteiger partial charge in [0.2, 0.25) is 0 Å². The molecule has 4 N–H and O–H groups in total. The first-order chi connectivity index (χ1) is 16.6. The van der Waals surface area contributed by atoms with Crippen molar-refractivity contribution in [1.82, 2.24) is 9.88 Å². The number of nitrogens with one attached hydrogen (secondary N) is 2. The summed E-state index contributed by atoms with van der Waals surface area (Å²) in [5, 5.41) is 4.86. The highest BCUT2D eigenvalue weighted by atomic mass is 19.4. The van der Waals surface area contributed by atoms with Gasteiger partial charge < -0.3 is 16.4 Å². The van der Waals surface area contributed by atoms with E-state index in [0.29, 0.717) is 0 Å². The lowest BCUT2D eigenvalue weighted by Gasteiger charge is -2.19. The molecule has 12 heteroatoms. The first-order valence-electron chi connectivity index (χ1n) is 10.6. The van der Waals surface area contributed by atoms with Crippen LogP contribution < -0.4 is 21.9 Å². The van der Waals surface area contributed by atoms with Gasteiger partial charge in [0.05, 0.1) is 22.9 Å². The number of nitrogens with zero attached hydrogens (tertiary/aromatic N) is 1. The van der Waals surface area contributed by atoms with Crippen LogP contribution >= 0.6 is 0 Å². The smallest absolute Gasteiger partial charge is 0.399 e. The minimum absolute atomic E-state index is 0.00317. The molecule has 6 nitrogen and oxygen atoms in total. The maximum Gasteiger partial charge on any atom is 0.416 e. The number of amides is 1. The van der Waals surface area contributed by atoms with E-state index in [0.717, 1.165) is 29.7 Å². The Bertz CT molecular complexity index is 1320. The minimum Gasteiger partial charge on any atom is -0.399 e. The average Bonchev–Trinajstić information content (AvgIpc) is 2.77. The first kappa shape index (κ1) is 26.6. The summed E-state index contributed by atoms with van der Waals surface area (Å²) in [6.45, 7) is 2.42. The number of pyridine rings is 1. The van der Waals surface area contributed by atoms with Gasteiger partial charge in [0.25, 0.3) is 11.5 Å². The number of aromatic nitrogens is 1. The Balaban J connectivity index is 1.85. The monoisotopic (exact) mass is 512 g/mol. The molecule has 3 aromatic rings. The van der Waals surface area contributed by atoms with Gasteiger partial charge >= 0.3 is 12.4 Å². The quantitative estimate of drug-likeness (QED) is 0.309. The van der Waals surface area contributed by atoms with Crippen LogP contribution in [0.25, 0.3) is 5.69 Å². The number of alkyl halides is 6. The van der Waals surface area contributed by atoms with E-state index in [4.69, 9.17) is 5.73 Å². The molecule has 3 rings (SSSR count). The van der Waals surface area contributed by atoms with Gasteiger partial charge in [-0.1, -0.05) is 6.07 Å². The Labute approximate surface area is 201 Å². The van der Waals surface area contributed by atoms with E-state index in [2.05, 4.69) is 10.6 Å². The summed E-state index contributed by atoms with van der Waals surface area (Å²) in [5.74, 6) is -0.688. The predicted molar refractivity (Wildman–Crippen MR) is 123 cm³/mol. The fourth-order valence-corrected chi connectivity index (χ4v) is 3.35. The van der Waals surface area contributed by atoms with Crippen LogP contribution in [0.15, 0.2) is 65.6 Å². The number of hydrogen-bond acceptors (Lipinski definition) is 4. The molecule has 1 aromatic heterocycles. The third kappa shape index (κ3) is 6.37. The number of carbonyl (C=O) groups excluding carboxylic acids is 1. The molecule has 36 heavy (non-hydrogen) atoms. The van der Waals surface area contributed by atoms with Crippen LogP contribution in [-0.4, -0.2) is 22.7 Å². The summed E-state index contributed by atoms with van der Waals surface area (Å²) >= 11 is 0. The molecular formula is C24H22F6N4O2. The van der Waals surface area contributed by atoms with Crippen molar-refractivity contribution < 1.29 is 31.1 Å². The average molecular weight is 512 g/mol. The molecule has 0 aliphatic rings. The van der Waals surface area contributed by atoms with E-state index in [1.807, 2.05) is 0 Å². The highest BCUT2D eigenvalue weighted by Gasteiger charge is 2.36. The van der Waals surface area contributed by atoms with Crippen molar-refractivity contribution in [2.75, 3.05) is 11.1 Å². The molecule has 0 spiro atoms. The topological polar surface area (TPSA) is 89.2 Å². The molecule has 192 valence electrons. The summed E-state index contributed by atoms with van der Waals surface area (Å²) in [5.41, 5.74) is 4.39. The summed E-state index contributed by atoms with van der Waals surface area (Å²) in [7, 11) is 0. The van der Waals surface area contributed by atoms with Crippen LogP contribution in [-0.2, 0) is 6.18 Å². The van der Waals surface area contributed by atoms with Gasteiger partial charge in [-0.05, 0) is 61.9 Å². The third-order valence-corrected chi connectivity index (χ3v) is 5.32. The maximum atomic E-state index is 13.1. The summed E-state index contributed by atoms with van der Waals surface area (Å²) in [4.78, 5) is 25.2. The van der Waals surface area contributed by atoms with E-state index < -0.39 is 41.5 Å². The zero-order chi connectivity index (χ0) is 26.8. The molecule has 0 bridgehead atoms. The van der Waals surface area contributed by atoms with Gasteiger partial charge in [-0.25, -0.2) is 0 Å². The van der Waals surface area contributed by atoms with Gasteiger partial charge in [0.1, 0.15) is 6.04 Å². The fourth-order valence-electron chi connectivity index (χ4n) is 3.35. The van der Waals surface area contributed by atoms with Crippen molar-refractivity contribution in [3.05, 3.63) is 87.8 Å². The number of hydrogen-bond donors (Lipinski definition) is 3. The van der Waals surface area contributed by atoms with E-state index in [-0.39, 0.29) is 28.2 Å². The maximum absolute atomic E-state index is 13.1. The molecule has 0 aliphatic carbocycles. The number of nitrogens with two attached hydrogens (primary N) is 1.